The van der Waals surface area contributed by atoms with Crippen LogP contribution < -0.4 is 15.5 Å². The molecule has 0 bridgehead atoms. The Bertz CT molecular complexity index is 952. The van der Waals surface area contributed by atoms with Crippen molar-refractivity contribution in [3.05, 3.63) is 48.0 Å². The maximum absolute atomic E-state index is 13.1. The molecule has 1 aromatic carbocycles. The summed E-state index contributed by atoms with van der Waals surface area (Å²) in [7, 11) is 1.28. The molecule has 206 valence electrons. The Kier molecular flexibility index (Phi) is 15.0. The van der Waals surface area contributed by atoms with Crippen LogP contribution >= 0.6 is 35.6 Å². The minimum absolute atomic E-state index is 0. The lowest BCUT2D eigenvalue weighted by Gasteiger charge is -2.23. The van der Waals surface area contributed by atoms with Gasteiger partial charge >= 0.3 is 5.97 Å². The third kappa shape index (κ3) is 11.2. The Morgan fingerprint density at radius 1 is 1.05 bits per heavy atom. The Balaban J connectivity index is 0.00000684. The fourth-order valence-corrected chi connectivity index (χ4v) is 4.16. The van der Waals surface area contributed by atoms with Crippen LogP contribution in [0.3, 0.4) is 0 Å². The molecule has 0 aliphatic rings. The number of esters is 1. The van der Waals surface area contributed by atoms with Crippen molar-refractivity contribution in [1.29, 1.82) is 0 Å². The third-order valence-electron chi connectivity index (χ3n) is 5.51. The van der Waals surface area contributed by atoms with Crippen molar-refractivity contribution in [1.82, 2.24) is 20.6 Å². The van der Waals surface area contributed by atoms with E-state index in [2.05, 4.69) is 25.5 Å². The second-order valence-corrected chi connectivity index (χ2v) is 9.58. The number of rotatable bonds is 15. The summed E-state index contributed by atoms with van der Waals surface area (Å²) in [6, 6.07) is 5.86. The number of anilines is 1. The van der Waals surface area contributed by atoms with Gasteiger partial charge in [0.25, 0.3) is 0 Å². The number of imidazole rings is 1. The predicted molar refractivity (Wildman–Crippen MR) is 149 cm³/mol. The Hall–Kier alpha value is -2.49. The summed E-state index contributed by atoms with van der Waals surface area (Å²) in [6.45, 7) is 5.23. The summed E-state index contributed by atoms with van der Waals surface area (Å²) in [5.74, 6) is -0.200. The second-order valence-electron chi connectivity index (χ2n) is 8.82. The van der Waals surface area contributed by atoms with Crippen LogP contribution in [0.5, 0.6) is 0 Å². The number of carbonyl (C=O) groups is 3. The van der Waals surface area contributed by atoms with Crippen molar-refractivity contribution in [2.45, 2.75) is 45.2 Å². The Labute approximate surface area is 234 Å². The zero-order valence-electron chi connectivity index (χ0n) is 21.3. The molecule has 3 N–H and O–H groups in total. The monoisotopic (exact) mass is 575 g/mol. The van der Waals surface area contributed by atoms with Gasteiger partial charge in [0.1, 0.15) is 12.1 Å². The van der Waals surface area contributed by atoms with E-state index in [1.165, 1.54) is 13.4 Å². The first kappa shape index (κ1) is 32.5. The molecule has 0 saturated heterocycles. The summed E-state index contributed by atoms with van der Waals surface area (Å²) >= 11 is 11.8. The highest BCUT2D eigenvalue weighted by atomic mass is 35.5. The molecule has 0 radical (unpaired) electrons. The van der Waals surface area contributed by atoms with E-state index in [9.17, 15) is 14.4 Å². The van der Waals surface area contributed by atoms with Gasteiger partial charge in [0.2, 0.25) is 11.8 Å². The van der Waals surface area contributed by atoms with Crippen LogP contribution in [-0.2, 0) is 32.0 Å². The van der Waals surface area contributed by atoms with E-state index >= 15 is 0 Å². The lowest BCUT2D eigenvalue weighted by molar-refractivity contribution is -0.145. The van der Waals surface area contributed by atoms with Gasteiger partial charge in [-0.1, -0.05) is 26.0 Å². The number of amides is 2. The molecule has 0 aliphatic carbocycles. The van der Waals surface area contributed by atoms with Gasteiger partial charge in [0, 0.05) is 48.8 Å². The summed E-state index contributed by atoms with van der Waals surface area (Å²) in [4.78, 5) is 47.2. The van der Waals surface area contributed by atoms with Crippen LogP contribution in [0.25, 0.3) is 0 Å². The van der Waals surface area contributed by atoms with Crippen LogP contribution in [0.4, 0.5) is 5.69 Å². The molecule has 1 aromatic heterocycles. The molecule has 37 heavy (non-hydrogen) atoms. The highest BCUT2D eigenvalue weighted by Gasteiger charge is 2.28. The van der Waals surface area contributed by atoms with Crippen molar-refractivity contribution < 1.29 is 19.1 Å². The van der Waals surface area contributed by atoms with Gasteiger partial charge in [-0.25, -0.2) is 9.78 Å². The molecule has 0 fully saturated rings. The summed E-state index contributed by atoms with van der Waals surface area (Å²) in [5, 5.41) is 5.54. The van der Waals surface area contributed by atoms with Crippen molar-refractivity contribution in [3.63, 3.8) is 0 Å². The minimum Gasteiger partial charge on any atom is -0.467 e. The highest BCUT2D eigenvalue weighted by Crippen LogP contribution is 2.16. The smallest absolute Gasteiger partial charge is 0.328 e. The quantitative estimate of drug-likeness (QED) is 0.222. The van der Waals surface area contributed by atoms with E-state index < -0.39 is 24.0 Å². The number of methoxy groups -OCH3 is 1. The van der Waals surface area contributed by atoms with Crippen LogP contribution in [0.2, 0.25) is 0 Å². The topological polar surface area (TPSA) is 116 Å². The molecule has 1 unspecified atom stereocenters. The van der Waals surface area contributed by atoms with E-state index in [1.807, 2.05) is 38.1 Å². The highest BCUT2D eigenvalue weighted by molar-refractivity contribution is 6.18. The maximum atomic E-state index is 13.1. The number of hydrogen-bond donors (Lipinski definition) is 3. The average Bonchev–Trinajstić information content (AvgIpc) is 3.36. The normalized spacial score (nSPS) is 12.3. The van der Waals surface area contributed by atoms with Crippen LogP contribution in [0, 0.1) is 5.92 Å². The molecule has 12 heteroatoms. The molecular formula is C25H36Cl3N5O4. The largest absolute Gasteiger partial charge is 0.467 e. The number of ether oxygens (including phenoxy) is 1. The van der Waals surface area contributed by atoms with Gasteiger partial charge in [0.05, 0.1) is 19.9 Å². The number of carbonyl (C=O) groups excluding carboxylic acids is 3. The number of aromatic amines is 1. The molecule has 2 aromatic rings. The van der Waals surface area contributed by atoms with Gasteiger partial charge in [0.15, 0.2) is 0 Å². The van der Waals surface area contributed by atoms with Crippen molar-refractivity contribution in [2.24, 2.45) is 5.92 Å². The molecule has 2 rings (SSSR count). The molecule has 0 aliphatic heterocycles. The van der Waals surface area contributed by atoms with Gasteiger partial charge in [-0.15, -0.1) is 35.6 Å². The van der Waals surface area contributed by atoms with E-state index in [1.54, 1.807) is 6.20 Å². The lowest BCUT2D eigenvalue weighted by atomic mass is 10.0. The van der Waals surface area contributed by atoms with E-state index in [0.717, 1.165) is 11.3 Å². The molecule has 0 saturated carbocycles. The van der Waals surface area contributed by atoms with E-state index in [0.29, 0.717) is 37.0 Å². The zero-order chi connectivity index (χ0) is 26.5. The molecule has 2 amide bonds. The first-order valence-corrected chi connectivity index (χ1v) is 12.9. The number of nitrogens with one attached hydrogen (secondary N) is 3. The number of H-pyrrole nitrogens is 1. The van der Waals surface area contributed by atoms with Gasteiger partial charge in [-0.3, -0.25) is 9.59 Å². The summed E-state index contributed by atoms with van der Waals surface area (Å²) < 4.78 is 4.84. The SMILES string of the molecule is COC(=O)C(CC(C)C)NC(=O)[C@H](Cc1cnc[nH]1)NC(=O)Cc1ccc(N(CCCl)CCCl)cc1.Cl. The van der Waals surface area contributed by atoms with Gasteiger partial charge in [-0.05, 0) is 30.0 Å². The van der Waals surface area contributed by atoms with Crippen LogP contribution in [0.1, 0.15) is 31.5 Å². The van der Waals surface area contributed by atoms with E-state index in [-0.39, 0.29) is 37.1 Å². The summed E-state index contributed by atoms with van der Waals surface area (Å²) in [6.07, 6.45) is 3.79. The van der Waals surface area contributed by atoms with Gasteiger partial charge in [-0.2, -0.15) is 0 Å². The average molecular weight is 577 g/mol. The first-order valence-electron chi connectivity index (χ1n) is 11.9. The standard InChI is InChI=1S/C25H35Cl2N5O4.ClH/c1-17(2)12-22(25(35)36-3)31-24(34)21(14-19-15-28-16-29-19)30-23(33)13-18-4-6-20(7-5-18)32(10-8-26)11-9-27;/h4-7,15-17,21-22H,8-14H2,1-3H3,(H,28,29)(H,30,33)(H,31,34);1H/t21-,22?;/m0./s1. The first-order chi connectivity index (χ1) is 17.3. The molecule has 9 nitrogen and oxygen atoms in total. The maximum Gasteiger partial charge on any atom is 0.328 e. The van der Waals surface area contributed by atoms with E-state index in [4.69, 9.17) is 27.9 Å². The third-order valence-corrected chi connectivity index (χ3v) is 5.85. The van der Waals surface area contributed by atoms with Gasteiger partial charge < -0.3 is 25.3 Å². The minimum atomic E-state index is -0.903. The fourth-order valence-electron chi connectivity index (χ4n) is 3.75. The Morgan fingerprint density at radius 3 is 2.22 bits per heavy atom. The number of benzene rings is 1. The lowest BCUT2D eigenvalue weighted by Crippen LogP contribution is -2.53. The second kappa shape index (κ2) is 17.1. The van der Waals surface area contributed by atoms with Crippen molar-refractivity contribution in [2.75, 3.05) is 36.9 Å². The number of nitrogens with zero attached hydrogens (tertiary/aromatic N) is 2. The predicted octanol–water partition coefficient (Wildman–Crippen LogP) is 3.09. The summed E-state index contributed by atoms with van der Waals surface area (Å²) in [5.41, 5.74) is 2.44. The Morgan fingerprint density at radius 2 is 1.70 bits per heavy atom. The molecule has 1 heterocycles. The van der Waals surface area contributed by atoms with Crippen molar-refractivity contribution >= 4 is 59.1 Å². The number of hydrogen-bond acceptors (Lipinski definition) is 6. The molecular weight excluding hydrogens is 541 g/mol. The van der Waals surface area contributed by atoms with Crippen LogP contribution in [0.15, 0.2) is 36.8 Å². The number of halogens is 3. The molecule has 2 atom stereocenters. The fraction of sp³-hybridized carbons (Fsp3) is 0.520. The zero-order valence-corrected chi connectivity index (χ0v) is 23.7. The number of alkyl halides is 2. The number of aromatic nitrogens is 2. The van der Waals surface area contributed by atoms with Crippen LogP contribution in [-0.4, -0.2) is 71.8 Å². The molecule has 0 spiro atoms. The van der Waals surface area contributed by atoms with Crippen molar-refractivity contribution in [3.8, 4) is 0 Å².